The van der Waals surface area contributed by atoms with Crippen molar-refractivity contribution >= 4 is 23.5 Å². The zero-order valence-corrected chi connectivity index (χ0v) is 14.4. The van der Waals surface area contributed by atoms with E-state index in [2.05, 4.69) is 84.2 Å². The first-order chi connectivity index (χ1) is 11.3. The maximum atomic E-state index is 3.35. The van der Waals surface area contributed by atoms with E-state index in [9.17, 15) is 0 Å². The van der Waals surface area contributed by atoms with E-state index in [0.717, 1.165) is 18.1 Å². The third kappa shape index (κ3) is 3.89. The van der Waals surface area contributed by atoms with Crippen LogP contribution in [0.5, 0.6) is 0 Å². The molecule has 1 atom stereocenters. The van der Waals surface area contributed by atoms with E-state index < -0.39 is 0 Å². The highest BCUT2D eigenvalue weighted by molar-refractivity contribution is 8.03. The van der Waals surface area contributed by atoms with Crippen LogP contribution in [0.15, 0.2) is 59.6 Å². The van der Waals surface area contributed by atoms with Gasteiger partial charge in [0.1, 0.15) is 5.37 Å². The Morgan fingerprint density at radius 2 is 1.70 bits per heavy atom. The monoisotopic (exact) mass is 325 g/mol. The maximum absolute atomic E-state index is 3.35. The highest BCUT2D eigenvalue weighted by atomic mass is 32.2. The van der Waals surface area contributed by atoms with Crippen LogP contribution in [0.2, 0.25) is 0 Å². The van der Waals surface area contributed by atoms with E-state index in [1.165, 1.54) is 16.8 Å². The fraction of sp³-hybridized carbons (Fsp3) is 0.263. The Kier molecular flexibility index (Phi) is 5.26. The van der Waals surface area contributed by atoms with Crippen LogP contribution in [0.3, 0.4) is 0 Å². The van der Waals surface area contributed by atoms with Crippen molar-refractivity contribution in [3.63, 3.8) is 0 Å². The van der Waals surface area contributed by atoms with Crippen LogP contribution in [0.1, 0.15) is 30.3 Å². The molecule has 1 fully saturated rings. The number of hydrogen-bond acceptors (Lipinski definition) is 4. The van der Waals surface area contributed by atoms with E-state index in [0.29, 0.717) is 0 Å². The molecule has 0 amide bonds. The number of rotatable bonds is 5. The van der Waals surface area contributed by atoms with Gasteiger partial charge >= 0.3 is 0 Å². The first kappa shape index (κ1) is 16.0. The number of anilines is 1. The van der Waals surface area contributed by atoms with Gasteiger partial charge in [-0.15, -0.1) is 0 Å². The summed E-state index contributed by atoms with van der Waals surface area (Å²) < 4.78 is 0. The van der Waals surface area contributed by atoms with Gasteiger partial charge in [-0.1, -0.05) is 54.2 Å². The molecule has 2 N–H and O–H groups in total. The van der Waals surface area contributed by atoms with Gasteiger partial charge < -0.3 is 10.3 Å². The smallest absolute Gasteiger partial charge is 0.102 e. The lowest BCUT2D eigenvalue weighted by molar-refractivity contribution is 0.637. The average molecular weight is 325 g/mol. The van der Waals surface area contributed by atoms with Crippen LogP contribution in [-0.4, -0.2) is 13.1 Å². The van der Waals surface area contributed by atoms with Crippen LogP contribution in [-0.2, 0) is 0 Å². The lowest BCUT2D eigenvalue weighted by atomic mass is 10.2. The molecular weight excluding hydrogens is 302 g/mol. The zero-order chi connectivity index (χ0) is 16.1. The molecular formula is C19H23N3S. The topological polar surface area (TPSA) is 27.3 Å². The number of thioether (sulfide) groups is 1. The summed E-state index contributed by atoms with van der Waals surface area (Å²) in [5.74, 6) is 0. The number of nitrogens with one attached hydrogen (secondary N) is 2. The maximum Gasteiger partial charge on any atom is 0.102 e. The van der Waals surface area contributed by atoms with Crippen LogP contribution in [0.25, 0.3) is 6.08 Å². The second kappa shape index (κ2) is 7.57. The Labute approximate surface area is 142 Å². The molecule has 23 heavy (non-hydrogen) atoms. The molecule has 1 aliphatic heterocycles. The molecule has 120 valence electrons. The molecule has 0 spiro atoms. The largest absolute Gasteiger partial charge is 0.372 e. The van der Waals surface area contributed by atoms with E-state index in [1.54, 1.807) is 0 Å². The minimum Gasteiger partial charge on any atom is -0.372 e. The van der Waals surface area contributed by atoms with E-state index in [4.69, 9.17) is 0 Å². The molecule has 0 unspecified atom stereocenters. The van der Waals surface area contributed by atoms with Crippen LogP contribution >= 0.6 is 11.8 Å². The Bertz CT molecular complexity index is 648. The molecule has 1 heterocycles. The molecule has 0 radical (unpaired) electrons. The van der Waals surface area contributed by atoms with E-state index >= 15 is 0 Å². The number of benzene rings is 2. The van der Waals surface area contributed by atoms with Crippen LogP contribution < -0.4 is 15.8 Å². The molecule has 3 nitrogen and oxygen atoms in total. The second-order valence-electron chi connectivity index (χ2n) is 5.45. The molecule has 2 aromatic rings. The molecule has 0 saturated carbocycles. The van der Waals surface area contributed by atoms with Gasteiger partial charge in [0, 0.05) is 18.8 Å². The van der Waals surface area contributed by atoms with Crippen molar-refractivity contribution in [3.05, 3.63) is 70.8 Å². The number of nitrogens with zero attached hydrogens (tertiary/aromatic N) is 1. The molecule has 3 rings (SSSR count). The predicted octanol–water partition coefficient (Wildman–Crippen LogP) is 4.37. The van der Waals surface area contributed by atoms with Gasteiger partial charge in [0.25, 0.3) is 0 Å². The third-order valence-corrected chi connectivity index (χ3v) is 5.09. The Balaban J connectivity index is 1.68. The van der Waals surface area contributed by atoms with Gasteiger partial charge in [-0.3, -0.25) is 0 Å². The first-order valence-corrected chi connectivity index (χ1v) is 8.98. The molecule has 0 aromatic heterocycles. The molecule has 1 aliphatic rings. The summed E-state index contributed by atoms with van der Waals surface area (Å²) in [6.07, 6.45) is 2.17. The SMILES string of the molecule is CCN(CC)c1ccc([C@H]2NN/C(=C/c3ccccc3)S2)cc1. The zero-order valence-electron chi connectivity index (χ0n) is 13.6. The van der Waals surface area contributed by atoms with Crippen LogP contribution in [0, 0.1) is 0 Å². The summed E-state index contributed by atoms with van der Waals surface area (Å²) >= 11 is 1.81. The molecule has 0 aliphatic carbocycles. The fourth-order valence-electron chi connectivity index (χ4n) is 2.69. The fourth-order valence-corrected chi connectivity index (χ4v) is 3.68. The quantitative estimate of drug-likeness (QED) is 0.853. The van der Waals surface area contributed by atoms with E-state index in [-0.39, 0.29) is 5.37 Å². The molecule has 2 aromatic carbocycles. The van der Waals surface area contributed by atoms with Gasteiger partial charge in [-0.25, -0.2) is 5.43 Å². The summed E-state index contributed by atoms with van der Waals surface area (Å²) in [6, 6.07) is 19.2. The third-order valence-electron chi connectivity index (χ3n) is 3.99. The van der Waals surface area contributed by atoms with Crippen molar-refractivity contribution in [2.45, 2.75) is 19.2 Å². The highest BCUT2D eigenvalue weighted by Gasteiger charge is 2.20. The Hall–Kier alpha value is -1.91. The lowest BCUT2D eigenvalue weighted by Gasteiger charge is -2.21. The lowest BCUT2D eigenvalue weighted by Crippen LogP contribution is -2.24. The Morgan fingerprint density at radius 1 is 1.00 bits per heavy atom. The minimum atomic E-state index is 0.246. The summed E-state index contributed by atoms with van der Waals surface area (Å²) in [5, 5.41) is 1.39. The van der Waals surface area contributed by atoms with Crippen molar-refractivity contribution in [2.24, 2.45) is 0 Å². The van der Waals surface area contributed by atoms with Crippen molar-refractivity contribution in [2.75, 3.05) is 18.0 Å². The normalized spacial score (nSPS) is 18.9. The van der Waals surface area contributed by atoms with Gasteiger partial charge in [0.2, 0.25) is 0 Å². The average Bonchev–Trinajstić information content (AvgIpc) is 3.06. The molecule has 0 bridgehead atoms. The van der Waals surface area contributed by atoms with E-state index in [1.807, 2.05) is 17.8 Å². The van der Waals surface area contributed by atoms with Crippen LogP contribution in [0.4, 0.5) is 5.69 Å². The van der Waals surface area contributed by atoms with Gasteiger partial charge in [0.15, 0.2) is 0 Å². The predicted molar refractivity (Wildman–Crippen MR) is 101 cm³/mol. The van der Waals surface area contributed by atoms with Gasteiger partial charge in [-0.2, -0.15) is 0 Å². The number of hydrogen-bond donors (Lipinski definition) is 2. The van der Waals surface area contributed by atoms with Gasteiger partial charge in [-0.05, 0) is 43.2 Å². The standard InChI is InChI=1S/C19H23N3S/c1-3-22(4-2)17-12-10-16(11-13-17)19-21-20-18(23-19)14-15-8-6-5-7-9-15/h5-14,19-21H,3-4H2,1-2H3/b18-14-/t19-/m0/s1. The highest BCUT2D eigenvalue weighted by Crippen LogP contribution is 2.36. The van der Waals surface area contributed by atoms with Gasteiger partial charge in [0.05, 0.1) is 5.03 Å². The minimum absolute atomic E-state index is 0.246. The first-order valence-electron chi connectivity index (χ1n) is 8.10. The summed E-state index contributed by atoms with van der Waals surface area (Å²) in [5.41, 5.74) is 10.4. The van der Waals surface area contributed by atoms with Crippen molar-refractivity contribution < 1.29 is 0 Å². The van der Waals surface area contributed by atoms with Crippen molar-refractivity contribution in [1.82, 2.24) is 10.9 Å². The van der Waals surface area contributed by atoms with Crippen molar-refractivity contribution in [3.8, 4) is 0 Å². The summed E-state index contributed by atoms with van der Waals surface area (Å²) in [7, 11) is 0. The Morgan fingerprint density at radius 3 is 2.35 bits per heavy atom. The summed E-state index contributed by atoms with van der Waals surface area (Å²) in [4.78, 5) is 2.36. The number of hydrazine groups is 1. The van der Waals surface area contributed by atoms with Crippen molar-refractivity contribution in [1.29, 1.82) is 0 Å². The molecule has 4 heteroatoms. The second-order valence-corrected chi connectivity index (χ2v) is 6.60. The molecule has 1 saturated heterocycles. The summed E-state index contributed by atoms with van der Waals surface area (Å²) in [6.45, 7) is 6.46.